The van der Waals surface area contributed by atoms with E-state index in [1.54, 1.807) is 48.7 Å². The third kappa shape index (κ3) is 5.16. The first kappa shape index (κ1) is 22.4. The molecule has 0 radical (unpaired) electrons. The predicted molar refractivity (Wildman–Crippen MR) is 129 cm³/mol. The molecule has 2 heterocycles. The van der Waals surface area contributed by atoms with E-state index in [1.165, 1.54) is 29.0 Å². The Balaban J connectivity index is 1.55. The molecular formula is C23H18ClN5O3S. The lowest BCUT2D eigenvalue weighted by atomic mass is 10.1. The zero-order valence-corrected chi connectivity index (χ0v) is 19.2. The van der Waals surface area contributed by atoms with Gasteiger partial charge in [-0.25, -0.2) is 9.67 Å². The van der Waals surface area contributed by atoms with Crippen LogP contribution in [0, 0.1) is 6.92 Å². The molecule has 2 aromatic carbocycles. The Morgan fingerprint density at radius 3 is 2.39 bits per heavy atom. The molecule has 33 heavy (non-hydrogen) atoms. The van der Waals surface area contributed by atoms with Gasteiger partial charge in [0, 0.05) is 40.3 Å². The van der Waals surface area contributed by atoms with Crippen LogP contribution < -0.4 is 16.1 Å². The van der Waals surface area contributed by atoms with Crippen LogP contribution in [-0.4, -0.2) is 26.6 Å². The first-order chi connectivity index (χ1) is 15.8. The number of aromatic nitrogens is 3. The van der Waals surface area contributed by atoms with E-state index in [-0.39, 0.29) is 11.6 Å². The molecule has 0 saturated carbocycles. The van der Waals surface area contributed by atoms with Crippen LogP contribution in [-0.2, 0) is 4.79 Å². The van der Waals surface area contributed by atoms with Crippen LogP contribution in [0.1, 0.15) is 23.1 Å². The first-order valence-corrected chi connectivity index (χ1v) is 11.1. The summed E-state index contributed by atoms with van der Waals surface area (Å²) in [7, 11) is 0. The highest BCUT2D eigenvalue weighted by Crippen LogP contribution is 2.26. The number of rotatable bonds is 5. The minimum atomic E-state index is -0.649. The number of nitrogens with zero attached hydrogens (tertiary/aromatic N) is 3. The largest absolute Gasteiger partial charge is 0.326 e. The first-order valence-electron chi connectivity index (χ1n) is 9.82. The van der Waals surface area contributed by atoms with Crippen LogP contribution >= 0.6 is 22.9 Å². The van der Waals surface area contributed by atoms with Crippen molar-refractivity contribution < 1.29 is 9.59 Å². The molecule has 0 spiro atoms. The van der Waals surface area contributed by atoms with Crippen molar-refractivity contribution in [2.75, 3.05) is 10.6 Å². The van der Waals surface area contributed by atoms with Crippen molar-refractivity contribution in [2.24, 2.45) is 0 Å². The zero-order chi connectivity index (χ0) is 23.5. The van der Waals surface area contributed by atoms with Gasteiger partial charge in [0.25, 0.3) is 5.91 Å². The van der Waals surface area contributed by atoms with Crippen molar-refractivity contribution in [3.63, 3.8) is 0 Å². The van der Waals surface area contributed by atoms with Gasteiger partial charge in [-0.15, -0.1) is 11.3 Å². The average Bonchev–Trinajstić information content (AvgIpc) is 3.23. The maximum atomic E-state index is 12.8. The highest BCUT2D eigenvalue weighted by Gasteiger charge is 2.17. The van der Waals surface area contributed by atoms with Gasteiger partial charge in [-0.1, -0.05) is 23.7 Å². The number of hydrogen-bond acceptors (Lipinski definition) is 6. The monoisotopic (exact) mass is 479 g/mol. The summed E-state index contributed by atoms with van der Waals surface area (Å²) in [4.78, 5) is 40.8. The topological polar surface area (TPSA) is 106 Å². The summed E-state index contributed by atoms with van der Waals surface area (Å²) in [5, 5.41) is 12.3. The van der Waals surface area contributed by atoms with Gasteiger partial charge in [0.1, 0.15) is 0 Å². The molecule has 4 aromatic rings. The Kier molecular flexibility index (Phi) is 6.34. The van der Waals surface area contributed by atoms with Crippen LogP contribution in [0.3, 0.4) is 0 Å². The Morgan fingerprint density at radius 2 is 1.73 bits per heavy atom. The minimum Gasteiger partial charge on any atom is -0.326 e. The number of carbonyl (C=O) groups is 2. The molecule has 0 saturated heterocycles. The van der Waals surface area contributed by atoms with Gasteiger partial charge >= 0.3 is 0 Å². The lowest BCUT2D eigenvalue weighted by Crippen LogP contribution is -2.26. The quantitative estimate of drug-likeness (QED) is 0.437. The lowest BCUT2D eigenvalue weighted by Gasteiger charge is -2.11. The number of amides is 2. The van der Waals surface area contributed by atoms with E-state index < -0.39 is 11.3 Å². The van der Waals surface area contributed by atoms with E-state index in [0.717, 1.165) is 5.56 Å². The summed E-state index contributed by atoms with van der Waals surface area (Å²) in [5.74, 6) is -0.800. The van der Waals surface area contributed by atoms with Crippen LogP contribution in [0.2, 0.25) is 5.02 Å². The normalized spacial score (nSPS) is 10.6. The van der Waals surface area contributed by atoms with Gasteiger partial charge in [0.2, 0.25) is 11.3 Å². The summed E-state index contributed by atoms with van der Waals surface area (Å²) in [6.07, 6.45) is 0. The Hall–Kier alpha value is -3.82. The second-order valence-electron chi connectivity index (χ2n) is 7.14. The Morgan fingerprint density at radius 1 is 1.03 bits per heavy atom. The highest BCUT2D eigenvalue weighted by atomic mass is 35.5. The number of halogens is 1. The van der Waals surface area contributed by atoms with E-state index in [2.05, 4.69) is 20.7 Å². The third-order valence-electron chi connectivity index (χ3n) is 4.62. The third-order valence-corrected chi connectivity index (χ3v) is 5.63. The molecule has 0 aliphatic rings. The van der Waals surface area contributed by atoms with Gasteiger partial charge in [0.05, 0.1) is 11.4 Å². The second kappa shape index (κ2) is 9.35. The van der Waals surface area contributed by atoms with E-state index in [0.29, 0.717) is 32.9 Å². The molecule has 0 unspecified atom stereocenters. The van der Waals surface area contributed by atoms with Crippen molar-refractivity contribution >= 4 is 45.6 Å². The van der Waals surface area contributed by atoms with Gasteiger partial charge in [-0.2, -0.15) is 5.10 Å². The van der Waals surface area contributed by atoms with Gasteiger partial charge in [-0.05, 0) is 43.3 Å². The molecule has 0 aliphatic heterocycles. The fraction of sp³-hybridized carbons (Fsp3) is 0.0870. The van der Waals surface area contributed by atoms with Crippen molar-refractivity contribution in [1.82, 2.24) is 14.8 Å². The zero-order valence-electron chi connectivity index (χ0n) is 17.6. The number of carbonyl (C=O) groups excluding carboxylic acids is 2. The standard InChI is InChI=1S/C23H18ClN5O3S/c1-13-11-20(31)21(28-29(13)18-9-5-16(24)6-10-18)22(32)27-23-26-19(12-33-23)15-3-7-17(8-4-15)25-14(2)30/h3-12H,1-2H3,(H,25,30)(H,26,27,32). The van der Waals surface area contributed by atoms with Crippen molar-refractivity contribution in [2.45, 2.75) is 13.8 Å². The van der Waals surface area contributed by atoms with E-state index in [4.69, 9.17) is 11.6 Å². The summed E-state index contributed by atoms with van der Waals surface area (Å²) >= 11 is 7.17. The fourth-order valence-electron chi connectivity index (χ4n) is 3.10. The van der Waals surface area contributed by atoms with Crippen LogP contribution in [0.4, 0.5) is 10.8 Å². The summed E-state index contributed by atoms with van der Waals surface area (Å²) in [6.45, 7) is 3.17. The molecule has 166 valence electrons. The van der Waals surface area contributed by atoms with Crippen LogP contribution in [0.15, 0.2) is 64.8 Å². The summed E-state index contributed by atoms with van der Waals surface area (Å²) in [5.41, 5.74) is 2.67. The van der Waals surface area contributed by atoms with Crippen molar-refractivity contribution in [1.29, 1.82) is 0 Å². The van der Waals surface area contributed by atoms with Gasteiger partial charge < -0.3 is 5.32 Å². The molecule has 0 aliphatic carbocycles. The van der Waals surface area contributed by atoms with Crippen LogP contribution in [0.5, 0.6) is 0 Å². The van der Waals surface area contributed by atoms with Gasteiger partial charge in [-0.3, -0.25) is 19.7 Å². The van der Waals surface area contributed by atoms with E-state index in [9.17, 15) is 14.4 Å². The van der Waals surface area contributed by atoms with E-state index in [1.807, 2.05) is 12.1 Å². The van der Waals surface area contributed by atoms with Crippen LogP contribution in [0.25, 0.3) is 16.9 Å². The smallest absolute Gasteiger partial charge is 0.281 e. The molecular weight excluding hydrogens is 462 g/mol. The average molecular weight is 480 g/mol. The Labute approximate surface area is 197 Å². The molecule has 2 aromatic heterocycles. The predicted octanol–water partition coefficient (Wildman–Crippen LogP) is 4.53. The number of nitrogens with one attached hydrogen (secondary N) is 2. The number of hydrogen-bond donors (Lipinski definition) is 2. The minimum absolute atomic E-state index is 0.152. The fourth-order valence-corrected chi connectivity index (χ4v) is 3.94. The van der Waals surface area contributed by atoms with Gasteiger partial charge in [0.15, 0.2) is 10.8 Å². The molecule has 2 N–H and O–H groups in total. The Bertz CT molecular complexity index is 1400. The lowest BCUT2D eigenvalue weighted by molar-refractivity contribution is -0.114. The molecule has 0 atom stereocenters. The number of aryl methyl sites for hydroxylation is 1. The molecule has 0 bridgehead atoms. The SMILES string of the molecule is CC(=O)Nc1ccc(-c2csc(NC(=O)c3nn(-c4ccc(Cl)cc4)c(C)cc3=O)n2)cc1. The van der Waals surface area contributed by atoms with Crippen molar-refractivity contribution in [3.8, 4) is 16.9 Å². The van der Waals surface area contributed by atoms with E-state index >= 15 is 0 Å². The second-order valence-corrected chi connectivity index (χ2v) is 8.43. The highest BCUT2D eigenvalue weighted by molar-refractivity contribution is 7.14. The number of benzene rings is 2. The molecule has 10 heteroatoms. The number of thiazole rings is 1. The summed E-state index contributed by atoms with van der Waals surface area (Å²) in [6, 6.07) is 15.4. The van der Waals surface area contributed by atoms with Crippen molar-refractivity contribution in [3.05, 3.63) is 86.6 Å². The molecule has 2 amide bonds. The number of anilines is 2. The maximum absolute atomic E-state index is 12.8. The molecule has 8 nitrogen and oxygen atoms in total. The molecule has 0 fully saturated rings. The maximum Gasteiger partial charge on any atom is 0.281 e. The summed E-state index contributed by atoms with van der Waals surface area (Å²) < 4.78 is 1.51. The molecule has 4 rings (SSSR count).